The van der Waals surface area contributed by atoms with Crippen LogP contribution in [0.1, 0.15) is 25.7 Å². The van der Waals surface area contributed by atoms with Crippen molar-refractivity contribution in [3.8, 4) is 6.07 Å². The molecule has 0 saturated carbocycles. The van der Waals surface area contributed by atoms with Crippen LogP contribution in [-0.2, 0) is 19.2 Å². The van der Waals surface area contributed by atoms with E-state index in [2.05, 4.69) is 10.4 Å². The van der Waals surface area contributed by atoms with E-state index in [0.717, 1.165) is 17.9 Å². The van der Waals surface area contributed by atoms with Gasteiger partial charge in [-0.2, -0.15) is 22.1 Å². The lowest BCUT2D eigenvalue weighted by atomic mass is 10.2. The molecule has 0 spiro atoms. The first-order valence-electron chi connectivity index (χ1n) is 6.12. The molecular formula is C13H12N4OS2. The molecule has 3 rings (SSSR count). The molecule has 2 aromatic heterocycles. The summed E-state index contributed by atoms with van der Waals surface area (Å²) in [6.45, 7) is 0. The van der Waals surface area contributed by atoms with Crippen molar-refractivity contribution in [2.75, 3.05) is 11.1 Å². The number of aromatic nitrogens is 2. The SMILES string of the molecule is Cn1ncc(C#N)c1NC(=O)c1cc2c(s1)CCSC2. The molecule has 2 aromatic rings. The molecule has 0 aliphatic carbocycles. The molecule has 7 heteroatoms. The van der Waals surface area contributed by atoms with Crippen molar-refractivity contribution >= 4 is 34.8 Å². The number of aryl methyl sites for hydroxylation is 2. The van der Waals surface area contributed by atoms with E-state index in [9.17, 15) is 4.79 Å². The van der Waals surface area contributed by atoms with Gasteiger partial charge in [0.1, 0.15) is 17.5 Å². The van der Waals surface area contributed by atoms with Crippen LogP contribution in [0, 0.1) is 11.3 Å². The highest BCUT2D eigenvalue weighted by Gasteiger charge is 2.19. The second kappa shape index (κ2) is 5.31. The van der Waals surface area contributed by atoms with Crippen molar-refractivity contribution in [1.29, 1.82) is 5.26 Å². The highest BCUT2D eigenvalue weighted by Crippen LogP contribution is 2.32. The first kappa shape index (κ1) is 13.2. The Hall–Kier alpha value is -1.78. The van der Waals surface area contributed by atoms with Gasteiger partial charge in [0.05, 0.1) is 11.1 Å². The van der Waals surface area contributed by atoms with Gasteiger partial charge in [0.2, 0.25) is 0 Å². The largest absolute Gasteiger partial charge is 0.305 e. The quantitative estimate of drug-likeness (QED) is 0.925. The van der Waals surface area contributed by atoms with Crippen LogP contribution in [0.25, 0.3) is 0 Å². The van der Waals surface area contributed by atoms with Gasteiger partial charge < -0.3 is 5.32 Å². The first-order valence-corrected chi connectivity index (χ1v) is 8.09. The molecule has 1 N–H and O–H groups in total. The molecule has 20 heavy (non-hydrogen) atoms. The summed E-state index contributed by atoms with van der Waals surface area (Å²) in [6.07, 6.45) is 2.48. The van der Waals surface area contributed by atoms with Crippen molar-refractivity contribution in [1.82, 2.24) is 9.78 Å². The average molecular weight is 304 g/mol. The standard InChI is InChI=1S/C13H12N4OS2/c1-17-12(9(5-14)6-15-17)16-13(18)11-4-8-7-19-3-2-10(8)20-11/h4,6H,2-3,7H2,1H3,(H,16,18). The number of amides is 1. The smallest absolute Gasteiger partial charge is 0.266 e. The van der Waals surface area contributed by atoms with Crippen LogP contribution in [0.5, 0.6) is 0 Å². The van der Waals surface area contributed by atoms with E-state index in [4.69, 9.17) is 5.26 Å². The molecule has 0 bridgehead atoms. The van der Waals surface area contributed by atoms with E-state index < -0.39 is 0 Å². The third-order valence-corrected chi connectivity index (χ3v) is 5.39. The molecule has 1 aliphatic rings. The number of carbonyl (C=O) groups excluding carboxylic acids is 1. The zero-order valence-electron chi connectivity index (χ0n) is 10.8. The molecule has 0 radical (unpaired) electrons. The Bertz CT molecular complexity index is 687. The summed E-state index contributed by atoms with van der Waals surface area (Å²) in [7, 11) is 1.70. The number of nitriles is 1. The number of nitrogens with one attached hydrogen (secondary N) is 1. The zero-order valence-corrected chi connectivity index (χ0v) is 12.5. The summed E-state index contributed by atoms with van der Waals surface area (Å²) in [5, 5.41) is 15.7. The van der Waals surface area contributed by atoms with Crippen LogP contribution in [0.15, 0.2) is 12.3 Å². The number of fused-ring (bicyclic) bond motifs is 1. The Balaban J connectivity index is 1.84. The molecule has 0 saturated heterocycles. The third-order valence-electron chi connectivity index (χ3n) is 3.14. The van der Waals surface area contributed by atoms with E-state index in [0.29, 0.717) is 16.3 Å². The predicted octanol–water partition coefficient (Wildman–Crippen LogP) is 2.39. The lowest BCUT2D eigenvalue weighted by molar-refractivity contribution is 0.102. The fourth-order valence-electron chi connectivity index (χ4n) is 2.10. The number of carbonyl (C=O) groups is 1. The molecule has 5 nitrogen and oxygen atoms in total. The molecule has 102 valence electrons. The third kappa shape index (κ3) is 2.32. The van der Waals surface area contributed by atoms with E-state index in [-0.39, 0.29) is 5.91 Å². The van der Waals surface area contributed by atoms with Crippen molar-refractivity contribution in [3.05, 3.63) is 33.1 Å². The van der Waals surface area contributed by atoms with Gasteiger partial charge in [-0.3, -0.25) is 9.48 Å². The monoisotopic (exact) mass is 304 g/mol. The molecule has 1 aliphatic heterocycles. The molecule has 3 heterocycles. The normalized spacial score (nSPS) is 13.6. The maximum absolute atomic E-state index is 12.3. The van der Waals surface area contributed by atoms with Gasteiger partial charge in [-0.15, -0.1) is 11.3 Å². The van der Waals surface area contributed by atoms with Crippen LogP contribution in [-0.4, -0.2) is 21.4 Å². The maximum Gasteiger partial charge on any atom is 0.266 e. The molecule has 1 amide bonds. The topological polar surface area (TPSA) is 70.7 Å². The Kier molecular flexibility index (Phi) is 3.51. The highest BCUT2D eigenvalue weighted by atomic mass is 32.2. The summed E-state index contributed by atoms with van der Waals surface area (Å²) in [6, 6.07) is 3.99. The average Bonchev–Trinajstić information content (AvgIpc) is 3.03. The number of thioether (sulfide) groups is 1. The van der Waals surface area contributed by atoms with Crippen LogP contribution >= 0.6 is 23.1 Å². The number of nitrogens with zero attached hydrogens (tertiary/aromatic N) is 3. The molecule has 0 atom stereocenters. The van der Waals surface area contributed by atoms with Crippen molar-refractivity contribution in [3.63, 3.8) is 0 Å². The summed E-state index contributed by atoms with van der Waals surface area (Å²) in [5.41, 5.74) is 1.64. The van der Waals surface area contributed by atoms with E-state index in [1.165, 1.54) is 21.3 Å². The van der Waals surface area contributed by atoms with Gasteiger partial charge in [0.25, 0.3) is 5.91 Å². The van der Waals surface area contributed by atoms with E-state index in [1.54, 1.807) is 18.4 Å². The molecule has 0 aromatic carbocycles. The minimum Gasteiger partial charge on any atom is -0.305 e. The lowest BCUT2D eigenvalue weighted by Crippen LogP contribution is -2.14. The molecule has 0 unspecified atom stereocenters. The first-order chi connectivity index (χ1) is 9.69. The van der Waals surface area contributed by atoms with Gasteiger partial charge in [-0.05, 0) is 23.8 Å². The van der Waals surface area contributed by atoms with Crippen LogP contribution in [0.4, 0.5) is 5.82 Å². The maximum atomic E-state index is 12.3. The highest BCUT2D eigenvalue weighted by molar-refractivity contribution is 7.98. The second-order valence-electron chi connectivity index (χ2n) is 4.46. The number of rotatable bonds is 2. The number of hydrogen-bond acceptors (Lipinski definition) is 5. The van der Waals surface area contributed by atoms with E-state index >= 15 is 0 Å². The van der Waals surface area contributed by atoms with Gasteiger partial charge >= 0.3 is 0 Å². The summed E-state index contributed by atoms with van der Waals surface area (Å²) < 4.78 is 1.50. The lowest BCUT2D eigenvalue weighted by Gasteiger charge is -2.08. The van der Waals surface area contributed by atoms with Gasteiger partial charge in [0, 0.05) is 17.7 Å². The Morgan fingerprint density at radius 2 is 2.45 bits per heavy atom. The Morgan fingerprint density at radius 1 is 1.60 bits per heavy atom. The predicted molar refractivity (Wildman–Crippen MR) is 80.1 cm³/mol. The Labute approximate surface area is 124 Å². The number of thiophene rings is 1. The fraction of sp³-hybridized carbons (Fsp3) is 0.308. The van der Waals surface area contributed by atoms with Gasteiger partial charge in [-0.25, -0.2) is 0 Å². The summed E-state index contributed by atoms with van der Waals surface area (Å²) in [5.74, 6) is 2.37. The molecular weight excluding hydrogens is 292 g/mol. The Morgan fingerprint density at radius 3 is 3.20 bits per heavy atom. The van der Waals surface area contributed by atoms with Crippen molar-refractivity contribution in [2.24, 2.45) is 7.05 Å². The van der Waals surface area contributed by atoms with Crippen LogP contribution in [0.3, 0.4) is 0 Å². The zero-order chi connectivity index (χ0) is 14.1. The van der Waals surface area contributed by atoms with Crippen LogP contribution in [0.2, 0.25) is 0 Å². The fourth-order valence-corrected chi connectivity index (χ4v) is 4.36. The minimum absolute atomic E-state index is 0.172. The van der Waals surface area contributed by atoms with Gasteiger partial charge in [0.15, 0.2) is 0 Å². The van der Waals surface area contributed by atoms with Gasteiger partial charge in [-0.1, -0.05) is 0 Å². The number of hydrogen-bond donors (Lipinski definition) is 1. The van der Waals surface area contributed by atoms with E-state index in [1.807, 2.05) is 23.9 Å². The second-order valence-corrected chi connectivity index (χ2v) is 6.70. The summed E-state index contributed by atoms with van der Waals surface area (Å²) >= 11 is 3.44. The minimum atomic E-state index is -0.172. The number of anilines is 1. The van der Waals surface area contributed by atoms with Crippen molar-refractivity contribution < 1.29 is 4.79 Å². The molecule has 0 fully saturated rings. The van der Waals surface area contributed by atoms with Crippen molar-refractivity contribution in [2.45, 2.75) is 12.2 Å². The van der Waals surface area contributed by atoms with Crippen LogP contribution < -0.4 is 5.32 Å². The summed E-state index contributed by atoms with van der Waals surface area (Å²) in [4.78, 5) is 14.3.